The molecule has 2 unspecified atom stereocenters. The first-order valence-electron chi connectivity index (χ1n) is 7.61. The van der Waals surface area contributed by atoms with Crippen LogP contribution in [0.2, 0.25) is 0 Å². The number of ether oxygens (including phenoxy) is 2. The maximum atomic E-state index is 11.4. The summed E-state index contributed by atoms with van der Waals surface area (Å²) < 4.78 is 9.10. The van der Waals surface area contributed by atoms with E-state index in [0.29, 0.717) is 23.8 Å². The molecular weight excluding hydrogens is 270 g/mol. The predicted octanol–water partition coefficient (Wildman–Crippen LogP) is 3.37. The van der Waals surface area contributed by atoms with Crippen molar-refractivity contribution >= 4 is 12.1 Å². The highest BCUT2D eigenvalue weighted by Gasteiger charge is 2.16. The lowest BCUT2D eigenvalue weighted by Gasteiger charge is -2.24. The van der Waals surface area contributed by atoms with E-state index in [0.717, 1.165) is 12.8 Å². The molecule has 21 heavy (non-hydrogen) atoms. The number of alkyl carbamates (subject to hydrolysis) is 1. The monoisotopic (exact) mass is 301 g/mol. The summed E-state index contributed by atoms with van der Waals surface area (Å²) in [5.41, 5.74) is 0.360. The van der Waals surface area contributed by atoms with Gasteiger partial charge in [-0.2, -0.15) is 0 Å². The molecule has 0 radical (unpaired) electrons. The van der Waals surface area contributed by atoms with Crippen LogP contribution in [0.15, 0.2) is 0 Å². The fourth-order valence-electron chi connectivity index (χ4n) is 2.31. The Morgan fingerprint density at radius 2 is 1.67 bits per heavy atom. The first-order valence-corrected chi connectivity index (χ1v) is 7.61. The van der Waals surface area contributed by atoms with Gasteiger partial charge in [-0.3, -0.25) is 0 Å². The molecule has 5 nitrogen and oxygen atoms in total. The Morgan fingerprint density at radius 1 is 1.10 bits per heavy atom. The van der Waals surface area contributed by atoms with Gasteiger partial charge in [0.15, 0.2) is 6.61 Å². The molecule has 0 aromatic rings. The first kappa shape index (κ1) is 19.7. The molecule has 0 spiro atoms. The van der Waals surface area contributed by atoms with Crippen molar-refractivity contribution in [1.29, 1.82) is 0 Å². The van der Waals surface area contributed by atoms with E-state index in [1.54, 1.807) is 0 Å². The molecule has 0 aliphatic carbocycles. The lowest BCUT2D eigenvalue weighted by Crippen LogP contribution is -2.30. The third-order valence-electron chi connectivity index (χ3n) is 3.26. The molecule has 0 fully saturated rings. The zero-order valence-corrected chi connectivity index (χ0v) is 14.3. The minimum Gasteiger partial charge on any atom is -0.466 e. The highest BCUT2D eigenvalue weighted by Crippen LogP contribution is 2.27. The molecular formula is C16H31NO4. The van der Waals surface area contributed by atoms with E-state index in [4.69, 9.17) is 4.74 Å². The second-order valence-corrected chi connectivity index (χ2v) is 7.09. The number of hydrogen-bond acceptors (Lipinski definition) is 4. The Balaban J connectivity index is 3.77. The van der Waals surface area contributed by atoms with Crippen molar-refractivity contribution in [1.82, 2.24) is 5.32 Å². The van der Waals surface area contributed by atoms with Crippen LogP contribution in [-0.2, 0) is 14.3 Å². The van der Waals surface area contributed by atoms with E-state index >= 15 is 0 Å². The average molecular weight is 301 g/mol. The average Bonchev–Trinajstić information content (AvgIpc) is 2.38. The van der Waals surface area contributed by atoms with Gasteiger partial charge in [0.2, 0.25) is 0 Å². The molecule has 5 heteroatoms. The lowest BCUT2D eigenvalue weighted by atomic mass is 9.83. The number of methoxy groups -OCH3 is 1. The van der Waals surface area contributed by atoms with Gasteiger partial charge in [0.1, 0.15) is 0 Å². The molecule has 0 saturated heterocycles. The van der Waals surface area contributed by atoms with Gasteiger partial charge in [0.05, 0.1) is 7.11 Å². The van der Waals surface area contributed by atoms with Gasteiger partial charge in [0.25, 0.3) is 0 Å². The van der Waals surface area contributed by atoms with Crippen LogP contribution in [0, 0.1) is 17.3 Å². The van der Waals surface area contributed by atoms with Crippen LogP contribution in [0.3, 0.4) is 0 Å². The van der Waals surface area contributed by atoms with Crippen LogP contribution in [0.1, 0.15) is 53.9 Å². The lowest BCUT2D eigenvalue weighted by molar-refractivity contribution is -0.143. The van der Waals surface area contributed by atoms with Gasteiger partial charge < -0.3 is 14.8 Å². The molecule has 124 valence electrons. The summed E-state index contributed by atoms with van der Waals surface area (Å²) in [5, 5.41) is 2.66. The SMILES string of the molecule is COC(=O)COC(=O)NCC(C)CCC(C)CC(C)(C)C. The smallest absolute Gasteiger partial charge is 0.407 e. The molecule has 0 aromatic carbocycles. The van der Waals surface area contributed by atoms with E-state index in [-0.39, 0.29) is 6.61 Å². The van der Waals surface area contributed by atoms with Gasteiger partial charge in [-0.25, -0.2) is 9.59 Å². The van der Waals surface area contributed by atoms with E-state index in [1.165, 1.54) is 13.5 Å². The maximum Gasteiger partial charge on any atom is 0.407 e. The largest absolute Gasteiger partial charge is 0.466 e. The van der Waals surface area contributed by atoms with E-state index in [1.807, 2.05) is 0 Å². The van der Waals surface area contributed by atoms with Gasteiger partial charge in [-0.15, -0.1) is 0 Å². The second kappa shape index (κ2) is 9.64. The molecule has 0 aliphatic heterocycles. The minimum atomic E-state index is -0.574. The minimum absolute atomic E-state index is 0.348. The summed E-state index contributed by atoms with van der Waals surface area (Å²) in [7, 11) is 1.25. The Kier molecular flexibility index (Phi) is 9.06. The summed E-state index contributed by atoms with van der Waals surface area (Å²) in [6, 6.07) is 0. The van der Waals surface area contributed by atoms with E-state index in [9.17, 15) is 9.59 Å². The molecule has 1 amide bonds. The van der Waals surface area contributed by atoms with E-state index in [2.05, 4.69) is 44.7 Å². The second-order valence-electron chi connectivity index (χ2n) is 7.09. The molecule has 2 atom stereocenters. The molecule has 0 aromatic heterocycles. The number of carbonyl (C=O) groups is 2. The Morgan fingerprint density at radius 3 is 2.19 bits per heavy atom. The Hall–Kier alpha value is -1.26. The first-order chi connectivity index (χ1) is 9.64. The van der Waals surface area contributed by atoms with Crippen molar-refractivity contribution in [3.05, 3.63) is 0 Å². The zero-order chi connectivity index (χ0) is 16.5. The quantitative estimate of drug-likeness (QED) is 0.698. The standard InChI is InChI=1S/C16H31NO4/c1-12(9-16(3,4)5)7-8-13(2)10-17-15(19)21-11-14(18)20-6/h12-13H,7-11H2,1-6H3,(H,17,19). The number of nitrogens with one attached hydrogen (secondary N) is 1. The van der Waals surface area contributed by atoms with Crippen molar-refractivity contribution in [3.8, 4) is 0 Å². The fourth-order valence-corrected chi connectivity index (χ4v) is 2.31. The highest BCUT2D eigenvalue weighted by molar-refractivity contribution is 5.75. The molecule has 0 heterocycles. The van der Waals surface area contributed by atoms with Crippen molar-refractivity contribution < 1.29 is 19.1 Å². The highest BCUT2D eigenvalue weighted by atomic mass is 16.6. The molecule has 0 rings (SSSR count). The van der Waals surface area contributed by atoms with Gasteiger partial charge in [-0.1, -0.05) is 41.0 Å². The van der Waals surface area contributed by atoms with Crippen molar-refractivity contribution in [2.45, 2.75) is 53.9 Å². The maximum absolute atomic E-state index is 11.4. The molecule has 0 bridgehead atoms. The molecule has 1 N–H and O–H groups in total. The number of carbonyl (C=O) groups excluding carboxylic acids is 2. The third-order valence-corrected chi connectivity index (χ3v) is 3.26. The Bertz CT molecular complexity index is 323. The fraction of sp³-hybridized carbons (Fsp3) is 0.875. The van der Waals surface area contributed by atoms with Crippen LogP contribution >= 0.6 is 0 Å². The summed E-state index contributed by atoms with van der Waals surface area (Å²) in [5.74, 6) is 0.506. The number of amides is 1. The van der Waals surface area contributed by atoms with Gasteiger partial charge in [-0.05, 0) is 30.1 Å². The third kappa shape index (κ3) is 12.2. The Labute approximate surface area is 128 Å². The summed E-state index contributed by atoms with van der Waals surface area (Å²) in [6.45, 7) is 11.4. The van der Waals surface area contributed by atoms with Gasteiger partial charge in [0, 0.05) is 6.54 Å². The zero-order valence-electron chi connectivity index (χ0n) is 14.3. The normalized spacial score (nSPS) is 14.2. The summed E-state index contributed by atoms with van der Waals surface area (Å²) >= 11 is 0. The summed E-state index contributed by atoms with van der Waals surface area (Å²) in [4.78, 5) is 22.2. The van der Waals surface area contributed by atoms with Crippen molar-refractivity contribution in [2.24, 2.45) is 17.3 Å². The van der Waals surface area contributed by atoms with E-state index < -0.39 is 12.1 Å². The van der Waals surface area contributed by atoms with Crippen LogP contribution in [0.4, 0.5) is 4.79 Å². The van der Waals surface area contributed by atoms with Crippen LogP contribution < -0.4 is 5.32 Å². The van der Waals surface area contributed by atoms with Crippen LogP contribution in [0.5, 0.6) is 0 Å². The number of esters is 1. The van der Waals surface area contributed by atoms with Gasteiger partial charge >= 0.3 is 12.1 Å². The summed E-state index contributed by atoms with van der Waals surface area (Å²) in [6.07, 6.45) is 2.84. The number of rotatable bonds is 8. The molecule has 0 aliphatic rings. The van der Waals surface area contributed by atoms with Crippen LogP contribution in [-0.4, -0.2) is 32.3 Å². The van der Waals surface area contributed by atoms with Crippen molar-refractivity contribution in [3.63, 3.8) is 0 Å². The topological polar surface area (TPSA) is 64.6 Å². The molecule has 0 saturated carbocycles. The predicted molar refractivity (Wildman–Crippen MR) is 83.0 cm³/mol. The van der Waals surface area contributed by atoms with Crippen molar-refractivity contribution in [2.75, 3.05) is 20.3 Å². The van der Waals surface area contributed by atoms with Crippen LogP contribution in [0.25, 0.3) is 0 Å². The number of hydrogen-bond donors (Lipinski definition) is 1.